The van der Waals surface area contributed by atoms with Crippen LogP contribution in [0.4, 0.5) is 0 Å². The Kier molecular flexibility index (Phi) is 3.12. The third-order valence-electron chi connectivity index (χ3n) is 4.04. The molecule has 4 nitrogen and oxygen atoms in total. The molecule has 0 aromatic carbocycles. The lowest BCUT2D eigenvalue weighted by Gasteiger charge is -2.34. The van der Waals surface area contributed by atoms with Gasteiger partial charge in [0.25, 0.3) is 0 Å². The largest absolute Gasteiger partial charge is 0.353 e. The topological polar surface area (TPSA) is 37.3 Å². The number of aromatic nitrogens is 1. The molecule has 0 unspecified atom stereocenters. The highest BCUT2D eigenvalue weighted by molar-refractivity contribution is 5.76. The lowest BCUT2D eigenvalue weighted by molar-refractivity contribution is -0.121. The van der Waals surface area contributed by atoms with Crippen LogP contribution < -0.4 is 5.32 Å². The maximum absolute atomic E-state index is 11.7. The average Bonchev–Trinajstić information content (AvgIpc) is 3.03. The van der Waals surface area contributed by atoms with Crippen molar-refractivity contribution in [3.05, 3.63) is 24.0 Å². The summed E-state index contributed by atoms with van der Waals surface area (Å²) >= 11 is 0. The van der Waals surface area contributed by atoms with Gasteiger partial charge in [-0.15, -0.1) is 0 Å². The first kappa shape index (κ1) is 11.8. The van der Waals surface area contributed by atoms with Gasteiger partial charge < -0.3 is 9.88 Å². The summed E-state index contributed by atoms with van der Waals surface area (Å²) in [5.41, 5.74) is 1.36. The third kappa shape index (κ3) is 2.43. The SMILES string of the molecule is C[C@H]1c2cccn2CCN1CCC(=O)NC1CC1. The average molecular weight is 247 g/mol. The van der Waals surface area contributed by atoms with Crippen molar-refractivity contribution in [2.75, 3.05) is 13.1 Å². The van der Waals surface area contributed by atoms with Gasteiger partial charge in [-0.3, -0.25) is 9.69 Å². The van der Waals surface area contributed by atoms with Gasteiger partial charge in [0.2, 0.25) is 5.91 Å². The summed E-state index contributed by atoms with van der Waals surface area (Å²) in [6, 6.07) is 5.19. The minimum atomic E-state index is 0.214. The summed E-state index contributed by atoms with van der Waals surface area (Å²) in [5.74, 6) is 0.214. The Balaban J connectivity index is 1.52. The zero-order valence-corrected chi connectivity index (χ0v) is 10.9. The van der Waals surface area contributed by atoms with Crippen molar-refractivity contribution >= 4 is 5.91 Å². The molecule has 18 heavy (non-hydrogen) atoms. The van der Waals surface area contributed by atoms with Crippen LogP contribution in [0.3, 0.4) is 0 Å². The fraction of sp³-hybridized carbons (Fsp3) is 0.643. The second-order valence-electron chi connectivity index (χ2n) is 5.43. The summed E-state index contributed by atoms with van der Waals surface area (Å²) in [7, 11) is 0. The number of hydrogen-bond donors (Lipinski definition) is 1. The fourth-order valence-electron chi connectivity index (χ4n) is 2.71. The van der Waals surface area contributed by atoms with Crippen LogP contribution >= 0.6 is 0 Å². The molecule has 0 bridgehead atoms. The zero-order chi connectivity index (χ0) is 12.5. The van der Waals surface area contributed by atoms with E-state index in [2.05, 4.69) is 40.0 Å². The molecular formula is C14H21N3O. The predicted molar refractivity (Wildman–Crippen MR) is 70.2 cm³/mol. The van der Waals surface area contributed by atoms with Crippen LogP contribution in [0.25, 0.3) is 0 Å². The molecule has 2 heterocycles. The monoisotopic (exact) mass is 247 g/mol. The quantitative estimate of drug-likeness (QED) is 0.876. The van der Waals surface area contributed by atoms with Crippen LogP contribution in [0.15, 0.2) is 18.3 Å². The summed E-state index contributed by atoms with van der Waals surface area (Å²) in [6.45, 7) is 5.17. The highest BCUT2D eigenvalue weighted by Gasteiger charge is 2.25. The third-order valence-corrected chi connectivity index (χ3v) is 4.04. The smallest absolute Gasteiger partial charge is 0.221 e. The number of carbonyl (C=O) groups excluding carboxylic acids is 1. The Labute approximate surface area is 108 Å². The number of hydrogen-bond acceptors (Lipinski definition) is 2. The van der Waals surface area contributed by atoms with Crippen molar-refractivity contribution in [1.29, 1.82) is 0 Å². The van der Waals surface area contributed by atoms with E-state index in [0.717, 1.165) is 19.6 Å². The van der Waals surface area contributed by atoms with E-state index in [-0.39, 0.29) is 5.91 Å². The first-order chi connectivity index (χ1) is 8.74. The second-order valence-corrected chi connectivity index (χ2v) is 5.43. The molecule has 1 saturated carbocycles. The van der Waals surface area contributed by atoms with E-state index in [9.17, 15) is 4.79 Å². The van der Waals surface area contributed by atoms with Crippen LogP contribution in [-0.2, 0) is 11.3 Å². The predicted octanol–water partition coefficient (Wildman–Crippen LogP) is 1.53. The molecule has 1 amide bonds. The van der Waals surface area contributed by atoms with Crippen LogP contribution in [0.5, 0.6) is 0 Å². The number of carbonyl (C=O) groups is 1. The molecule has 1 aromatic heterocycles. The minimum absolute atomic E-state index is 0.214. The summed E-state index contributed by atoms with van der Waals surface area (Å²) in [4.78, 5) is 14.1. The van der Waals surface area contributed by atoms with Crippen molar-refractivity contribution in [2.45, 2.75) is 44.8 Å². The Morgan fingerprint density at radius 1 is 1.44 bits per heavy atom. The van der Waals surface area contributed by atoms with Gasteiger partial charge in [-0.25, -0.2) is 0 Å². The van der Waals surface area contributed by atoms with Crippen molar-refractivity contribution in [3.63, 3.8) is 0 Å². The molecule has 3 rings (SSSR count). The molecule has 98 valence electrons. The van der Waals surface area contributed by atoms with Gasteiger partial charge in [-0.2, -0.15) is 0 Å². The Morgan fingerprint density at radius 3 is 3.06 bits per heavy atom. The lowest BCUT2D eigenvalue weighted by Crippen LogP contribution is -2.39. The van der Waals surface area contributed by atoms with Crippen molar-refractivity contribution in [1.82, 2.24) is 14.8 Å². The number of nitrogens with one attached hydrogen (secondary N) is 1. The normalized spacial score (nSPS) is 23.7. The van der Waals surface area contributed by atoms with Gasteiger partial charge >= 0.3 is 0 Å². The van der Waals surface area contributed by atoms with Crippen molar-refractivity contribution < 1.29 is 4.79 Å². The summed E-state index contributed by atoms with van der Waals surface area (Å²) < 4.78 is 2.31. The second kappa shape index (κ2) is 4.76. The van der Waals surface area contributed by atoms with E-state index in [1.165, 1.54) is 18.5 Å². The zero-order valence-electron chi connectivity index (χ0n) is 10.9. The number of rotatable bonds is 4. The number of amides is 1. The van der Waals surface area contributed by atoms with E-state index in [1.807, 2.05) is 0 Å². The molecular weight excluding hydrogens is 226 g/mol. The van der Waals surface area contributed by atoms with Gasteiger partial charge in [0.15, 0.2) is 0 Å². The highest BCUT2D eigenvalue weighted by atomic mass is 16.1. The van der Waals surface area contributed by atoms with E-state index >= 15 is 0 Å². The summed E-state index contributed by atoms with van der Waals surface area (Å²) in [5, 5.41) is 3.05. The van der Waals surface area contributed by atoms with Crippen molar-refractivity contribution in [3.8, 4) is 0 Å². The Hall–Kier alpha value is -1.29. The van der Waals surface area contributed by atoms with Crippen LogP contribution in [0, 0.1) is 0 Å². The highest BCUT2D eigenvalue weighted by Crippen LogP contribution is 2.25. The molecule has 4 heteroatoms. The van der Waals surface area contributed by atoms with Gasteiger partial charge in [-0.05, 0) is 31.9 Å². The maximum atomic E-state index is 11.7. The Morgan fingerprint density at radius 2 is 2.28 bits per heavy atom. The molecule has 1 N–H and O–H groups in total. The minimum Gasteiger partial charge on any atom is -0.353 e. The molecule has 0 saturated heterocycles. The Bertz CT molecular complexity index is 436. The lowest BCUT2D eigenvalue weighted by atomic mass is 10.1. The van der Waals surface area contributed by atoms with Crippen LogP contribution in [0.2, 0.25) is 0 Å². The molecule has 1 aromatic rings. The van der Waals surface area contributed by atoms with E-state index in [1.54, 1.807) is 0 Å². The van der Waals surface area contributed by atoms with Crippen molar-refractivity contribution in [2.24, 2.45) is 0 Å². The molecule has 0 radical (unpaired) electrons. The van der Waals surface area contributed by atoms with Gasteiger partial charge in [0.05, 0.1) is 0 Å². The van der Waals surface area contributed by atoms with E-state index < -0.39 is 0 Å². The van der Waals surface area contributed by atoms with Gasteiger partial charge in [-0.1, -0.05) is 0 Å². The molecule has 2 aliphatic rings. The standard InChI is InChI=1S/C14H21N3O/c1-11-13-3-2-7-17(13)10-9-16(11)8-6-14(18)15-12-4-5-12/h2-3,7,11-12H,4-6,8-10H2,1H3,(H,15,18)/t11-/m0/s1. The molecule has 0 spiro atoms. The van der Waals surface area contributed by atoms with Gasteiger partial charge in [0.1, 0.15) is 0 Å². The molecule has 1 aliphatic heterocycles. The van der Waals surface area contributed by atoms with Crippen LogP contribution in [-0.4, -0.2) is 34.5 Å². The number of nitrogens with zero attached hydrogens (tertiary/aromatic N) is 2. The first-order valence-electron chi connectivity index (χ1n) is 6.92. The fourth-order valence-corrected chi connectivity index (χ4v) is 2.71. The number of fused-ring (bicyclic) bond motifs is 1. The molecule has 1 atom stereocenters. The van der Waals surface area contributed by atoms with Crippen LogP contribution in [0.1, 0.15) is 37.9 Å². The van der Waals surface area contributed by atoms with E-state index in [0.29, 0.717) is 18.5 Å². The summed E-state index contributed by atoms with van der Waals surface area (Å²) in [6.07, 6.45) is 5.10. The van der Waals surface area contributed by atoms with Gasteiger partial charge in [0, 0.05) is 50.0 Å². The first-order valence-corrected chi connectivity index (χ1v) is 6.92. The molecule has 1 aliphatic carbocycles. The molecule has 1 fully saturated rings. The maximum Gasteiger partial charge on any atom is 0.221 e. The van der Waals surface area contributed by atoms with E-state index in [4.69, 9.17) is 0 Å².